The number of carbonyl (C=O) groups is 1. The van der Waals surface area contributed by atoms with E-state index in [4.69, 9.17) is 9.47 Å². The molecule has 0 radical (unpaired) electrons. The zero-order valence-electron chi connectivity index (χ0n) is 12.0. The van der Waals surface area contributed by atoms with Gasteiger partial charge in [0.2, 0.25) is 0 Å². The fraction of sp³-hybridized carbons (Fsp3) is 0.235. The molecule has 21 heavy (non-hydrogen) atoms. The Kier molecular flexibility index (Phi) is 5.53. The lowest BCUT2D eigenvalue weighted by Crippen LogP contribution is -2.11. The first-order chi connectivity index (χ1) is 10.1. The van der Waals surface area contributed by atoms with Gasteiger partial charge in [-0.3, -0.25) is 4.79 Å². The molecule has 110 valence electrons. The third-order valence-corrected chi connectivity index (χ3v) is 3.83. The molecule has 0 heterocycles. The minimum atomic E-state index is -0.114. The van der Waals surface area contributed by atoms with Crippen molar-refractivity contribution in [1.29, 1.82) is 0 Å². The number of ether oxygens (including phenoxy) is 2. The summed E-state index contributed by atoms with van der Waals surface area (Å²) in [5, 5.41) is 0. The Bertz CT molecular complexity index is 611. The van der Waals surface area contributed by atoms with Gasteiger partial charge in [-0.15, -0.1) is 0 Å². The third kappa shape index (κ3) is 4.16. The molecule has 0 aliphatic rings. The van der Waals surface area contributed by atoms with Crippen LogP contribution in [0, 0.1) is 0 Å². The van der Waals surface area contributed by atoms with Crippen molar-refractivity contribution in [3.63, 3.8) is 0 Å². The molecule has 1 unspecified atom stereocenters. The average molecular weight is 349 g/mol. The van der Waals surface area contributed by atoms with Crippen LogP contribution < -0.4 is 4.74 Å². The second-order valence-electron chi connectivity index (χ2n) is 4.64. The molecule has 0 fully saturated rings. The Morgan fingerprint density at radius 1 is 1.19 bits per heavy atom. The molecule has 2 aromatic carbocycles. The summed E-state index contributed by atoms with van der Waals surface area (Å²) in [4.78, 5) is 12.1. The highest BCUT2D eigenvalue weighted by Crippen LogP contribution is 2.26. The van der Waals surface area contributed by atoms with Gasteiger partial charge in [-0.05, 0) is 46.6 Å². The molecule has 4 heteroatoms. The van der Waals surface area contributed by atoms with E-state index in [9.17, 15) is 4.79 Å². The number of Topliss-reactive ketones (excluding diaryl/α,β-unsaturated/α-hetero) is 1. The minimum Gasteiger partial charge on any atom is -0.496 e. The zero-order valence-corrected chi connectivity index (χ0v) is 13.6. The molecule has 0 aromatic heterocycles. The van der Waals surface area contributed by atoms with E-state index in [-0.39, 0.29) is 18.5 Å². The first kappa shape index (κ1) is 15.7. The number of hydrogen-bond acceptors (Lipinski definition) is 3. The van der Waals surface area contributed by atoms with Crippen LogP contribution in [0.1, 0.15) is 28.9 Å². The molecule has 0 saturated carbocycles. The monoisotopic (exact) mass is 348 g/mol. The molecule has 0 saturated heterocycles. The number of hydrogen-bond donors (Lipinski definition) is 0. The Morgan fingerprint density at radius 2 is 1.90 bits per heavy atom. The molecule has 3 nitrogen and oxygen atoms in total. The predicted octanol–water partition coefficient (Wildman–Crippen LogP) is 4.42. The van der Waals surface area contributed by atoms with Crippen LogP contribution in [0.2, 0.25) is 0 Å². The quantitative estimate of drug-likeness (QED) is 0.725. The van der Waals surface area contributed by atoms with Gasteiger partial charge >= 0.3 is 0 Å². The van der Waals surface area contributed by atoms with Crippen molar-refractivity contribution >= 4 is 21.7 Å². The van der Waals surface area contributed by atoms with Crippen LogP contribution in [0.3, 0.4) is 0 Å². The zero-order chi connectivity index (χ0) is 15.2. The Hall–Kier alpha value is -1.65. The van der Waals surface area contributed by atoms with Crippen molar-refractivity contribution in [3.8, 4) is 5.75 Å². The lowest BCUT2D eigenvalue weighted by molar-refractivity contribution is 0.0521. The molecule has 0 aliphatic carbocycles. The van der Waals surface area contributed by atoms with E-state index in [1.54, 1.807) is 25.3 Å². The van der Waals surface area contributed by atoms with E-state index in [0.29, 0.717) is 11.3 Å². The summed E-state index contributed by atoms with van der Waals surface area (Å²) in [5.74, 6) is 0.645. The third-order valence-electron chi connectivity index (χ3n) is 3.21. The van der Waals surface area contributed by atoms with Crippen molar-refractivity contribution in [3.05, 3.63) is 64.1 Å². The molecule has 2 aromatic rings. The normalized spacial score (nSPS) is 12.0. The number of ketones is 1. The van der Waals surface area contributed by atoms with Gasteiger partial charge in [0.25, 0.3) is 0 Å². The number of benzene rings is 2. The summed E-state index contributed by atoms with van der Waals surface area (Å²) in [5.41, 5.74) is 1.66. The lowest BCUT2D eigenvalue weighted by atomic mass is 10.1. The average Bonchev–Trinajstić information content (AvgIpc) is 2.53. The summed E-state index contributed by atoms with van der Waals surface area (Å²) in [6.07, 6.45) is -0.114. The van der Waals surface area contributed by atoms with Gasteiger partial charge in [0.05, 0.1) is 17.7 Å². The second-order valence-corrected chi connectivity index (χ2v) is 5.49. The van der Waals surface area contributed by atoms with Gasteiger partial charge < -0.3 is 9.47 Å². The van der Waals surface area contributed by atoms with E-state index in [0.717, 1.165) is 10.0 Å². The maximum Gasteiger partial charge on any atom is 0.188 e. The van der Waals surface area contributed by atoms with E-state index in [1.807, 2.05) is 37.3 Å². The van der Waals surface area contributed by atoms with Crippen molar-refractivity contribution in [2.24, 2.45) is 0 Å². The largest absolute Gasteiger partial charge is 0.496 e. The van der Waals surface area contributed by atoms with Gasteiger partial charge in [0.1, 0.15) is 12.4 Å². The predicted molar refractivity (Wildman–Crippen MR) is 85.8 cm³/mol. The second kappa shape index (κ2) is 7.38. The summed E-state index contributed by atoms with van der Waals surface area (Å²) >= 11 is 3.37. The molecule has 0 aliphatic heterocycles. The topological polar surface area (TPSA) is 35.5 Å². The first-order valence-corrected chi connectivity index (χ1v) is 7.44. The minimum absolute atomic E-state index is 0.0504. The summed E-state index contributed by atoms with van der Waals surface area (Å²) in [7, 11) is 1.59. The fourth-order valence-electron chi connectivity index (χ4n) is 1.94. The van der Waals surface area contributed by atoms with E-state index in [2.05, 4.69) is 15.9 Å². The standard InChI is InChI=1S/C17H17BrO3/c1-12(13-6-4-3-5-7-13)21-11-16(19)14-8-9-17(20-2)15(18)10-14/h3-10,12H,11H2,1-2H3. The van der Waals surface area contributed by atoms with Crippen LogP contribution in [-0.4, -0.2) is 19.5 Å². The molecule has 0 bridgehead atoms. The summed E-state index contributed by atoms with van der Waals surface area (Å²) in [6.45, 7) is 1.99. The van der Waals surface area contributed by atoms with E-state index >= 15 is 0 Å². The van der Waals surface area contributed by atoms with Crippen LogP contribution in [-0.2, 0) is 4.74 Å². The highest BCUT2D eigenvalue weighted by molar-refractivity contribution is 9.10. The Balaban J connectivity index is 1.97. The maximum absolute atomic E-state index is 12.1. The number of halogens is 1. The molecular formula is C17H17BrO3. The van der Waals surface area contributed by atoms with Crippen LogP contribution in [0.4, 0.5) is 0 Å². The molecule has 0 spiro atoms. The first-order valence-electron chi connectivity index (χ1n) is 6.65. The Labute approximate surface area is 133 Å². The number of methoxy groups -OCH3 is 1. The summed E-state index contributed by atoms with van der Waals surface area (Å²) < 4.78 is 11.5. The van der Waals surface area contributed by atoms with Gasteiger partial charge in [-0.25, -0.2) is 0 Å². The highest BCUT2D eigenvalue weighted by atomic mass is 79.9. The SMILES string of the molecule is COc1ccc(C(=O)COC(C)c2ccccc2)cc1Br. The number of rotatable bonds is 6. The van der Waals surface area contributed by atoms with Crippen LogP contribution in [0.25, 0.3) is 0 Å². The van der Waals surface area contributed by atoms with Crippen LogP contribution in [0.15, 0.2) is 53.0 Å². The van der Waals surface area contributed by atoms with Crippen molar-refractivity contribution in [2.45, 2.75) is 13.0 Å². The number of carbonyl (C=O) groups excluding carboxylic acids is 1. The molecule has 1 atom stereocenters. The van der Waals surface area contributed by atoms with Crippen LogP contribution in [0.5, 0.6) is 5.75 Å². The van der Waals surface area contributed by atoms with Crippen LogP contribution >= 0.6 is 15.9 Å². The van der Waals surface area contributed by atoms with E-state index < -0.39 is 0 Å². The highest BCUT2D eigenvalue weighted by Gasteiger charge is 2.12. The molecular weight excluding hydrogens is 332 g/mol. The molecule has 0 N–H and O–H groups in total. The Morgan fingerprint density at radius 3 is 2.52 bits per heavy atom. The molecule has 0 amide bonds. The van der Waals surface area contributed by atoms with Gasteiger partial charge in [-0.1, -0.05) is 30.3 Å². The fourth-order valence-corrected chi connectivity index (χ4v) is 2.48. The van der Waals surface area contributed by atoms with Crippen molar-refractivity contribution in [1.82, 2.24) is 0 Å². The maximum atomic E-state index is 12.1. The van der Waals surface area contributed by atoms with Crippen molar-refractivity contribution < 1.29 is 14.3 Å². The van der Waals surface area contributed by atoms with Crippen molar-refractivity contribution in [2.75, 3.05) is 13.7 Å². The van der Waals surface area contributed by atoms with Gasteiger partial charge in [0.15, 0.2) is 5.78 Å². The smallest absolute Gasteiger partial charge is 0.188 e. The van der Waals surface area contributed by atoms with Gasteiger partial charge in [0, 0.05) is 5.56 Å². The lowest BCUT2D eigenvalue weighted by Gasteiger charge is -2.13. The molecule has 2 rings (SSSR count). The van der Waals surface area contributed by atoms with Gasteiger partial charge in [-0.2, -0.15) is 0 Å². The van der Waals surface area contributed by atoms with E-state index in [1.165, 1.54) is 0 Å². The summed E-state index contributed by atoms with van der Waals surface area (Å²) in [6, 6.07) is 15.1.